The first-order chi connectivity index (χ1) is 9.19. The molecular weight excluding hydrogens is 373 g/mol. The molecule has 20 heavy (non-hydrogen) atoms. The largest absolute Gasteiger partial charge is 0.480 e. The van der Waals surface area contributed by atoms with Gasteiger partial charge in [-0.3, -0.25) is 0 Å². The van der Waals surface area contributed by atoms with Gasteiger partial charge in [0.25, 0.3) is 0 Å². The van der Waals surface area contributed by atoms with Crippen molar-refractivity contribution in [1.29, 1.82) is 0 Å². The first kappa shape index (κ1) is 16.7. The van der Waals surface area contributed by atoms with Crippen LogP contribution in [0.1, 0.15) is 26.3 Å². The standard InChI is InChI=1S/C14H18INO4/c1-14(2,3)20-13(19)16-11(12(17)18)8-9-6-4-5-7-10(9)15/h4-7,11H,8H2,1-3H3,(H,16,19)(H,17,18)/t11-/m0/s1. The van der Waals surface area contributed by atoms with Gasteiger partial charge in [0.05, 0.1) is 0 Å². The Balaban J connectivity index is 2.74. The number of ether oxygens (including phenoxy) is 1. The predicted octanol–water partition coefficient (Wildman–Crippen LogP) is 2.81. The van der Waals surface area contributed by atoms with Gasteiger partial charge in [-0.2, -0.15) is 0 Å². The highest BCUT2D eigenvalue weighted by Gasteiger charge is 2.24. The summed E-state index contributed by atoms with van der Waals surface area (Å²) in [6.07, 6.45) is -0.510. The molecule has 0 aromatic heterocycles. The lowest BCUT2D eigenvalue weighted by Crippen LogP contribution is -2.44. The van der Waals surface area contributed by atoms with E-state index in [1.165, 1.54) is 0 Å². The van der Waals surface area contributed by atoms with Crippen LogP contribution in [-0.2, 0) is 16.0 Å². The van der Waals surface area contributed by atoms with Crippen LogP contribution in [0.4, 0.5) is 4.79 Å². The first-order valence-electron chi connectivity index (χ1n) is 6.15. The summed E-state index contributed by atoms with van der Waals surface area (Å²) in [5.41, 5.74) is 0.213. The summed E-state index contributed by atoms with van der Waals surface area (Å²) in [6, 6.07) is 6.43. The number of amides is 1. The van der Waals surface area contributed by atoms with Gasteiger partial charge in [-0.15, -0.1) is 0 Å². The molecule has 0 aliphatic rings. The van der Waals surface area contributed by atoms with Gasteiger partial charge in [0.1, 0.15) is 11.6 Å². The number of halogens is 1. The topological polar surface area (TPSA) is 75.6 Å². The van der Waals surface area contributed by atoms with E-state index in [0.29, 0.717) is 0 Å². The number of nitrogens with one attached hydrogen (secondary N) is 1. The molecule has 1 rings (SSSR count). The van der Waals surface area contributed by atoms with Gasteiger partial charge in [0, 0.05) is 9.99 Å². The second-order valence-corrected chi connectivity index (χ2v) is 6.49. The minimum Gasteiger partial charge on any atom is -0.480 e. The summed E-state index contributed by atoms with van der Waals surface area (Å²) >= 11 is 2.14. The van der Waals surface area contributed by atoms with Gasteiger partial charge in [-0.1, -0.05) is 18.2 Å². The molecule has 5 nitrogen and oxygen atoms in total. The fourth-order valence-corrected chi connectivity index (χ4v) is 2.14. The number of carbonyl (C=O) groups excluding carboxylic acids is 1. The van der Waals surface area contributed by atoms with Crippen molar-refractivity contribution in [2.75, 3.05) is 0 Å². The van der Waals surface area contributed by atoms with E-state index in [-0.39, 0.29) is 6.42 Å². The molecule has 0 bridgehead atoms. The third-order valence-electron chi connectivity index (χ3n) is 2.37. The molecule has 1 atom stereocenters. The second kappa shape index (κ2) is 6.92. The van der Waals surface area contributed by atoms with Crippen molar-refractivity contribution in [3.8, 4) is 0 Å². The summed E-state index contributed by atoms with van der Waals surface area (Å²) in [7, 11) is 0. The number of hydrogen-bond acceptors (Lipinski definition) is 3. The zero-order valence-electron chi connectivity index (χ0n) is 11.6. The minimum atomic E-state index is -1.09. The Morgan fingerprint density at radius 1 is 1.35 bits per heavy atom. The lowest BCUT2D eigenvalue weighted by Gasteiger charge is -2.22. The van der Waals surface area contributed by atoms with Crippen LogP contribution in [0.15, 0.2) is 24.3 Å². The third kappa shape index (κ3) is 5.77. The number of aliphatic carboxylic acids is 1. The van der Waals surface area contributed by atoms with Crippen LogP contribution in [0, 0.1) is 3.57 Å². The van der Waals surface area contributed by atoms with Crippen LogP contribution in [0.2, 0.25) is 0 Å². The fourth-order valence-electron chi connectivity index (χ4n) is 1.53. The molecule has 6 heteroatoms. The predicted molar refractivity (Wildman–Crippen MR) is 83.7 cm³/mol. The van der Waals surface area contributed by atoms with E-state index in [9.17, 15) is 14.7 Å². The highest BCUT2D eigenvalue weighted by molar-refractivity contribution is 14.1. The molecule has 0 saturated heterocycles. The smallest absolute Gasteiger partial charge is 0.408 e. The maximum absolute atomic E-state index is 11.7. The monoisotopic (exact) mass is 391 g/mol. The highest BCUT2D eigenvalue weighted by atomic mass is 127. The maximum atomic E-state index is 11.7. The molecule has 0 aliphatic carbocycles. The van der Waals surface area contributed by atoms with Crippen molar-refractivity contribution in [2.45, 2.75) is 38.8 Å². The zero-order valence-corrected chi connectivity index (χ0v) is 13.8. The molecule has 0 radical (unpaired) electrons. The number of benzene rings is 1. The van der Waals surface area contributed by atoms with Crippen molar-refractivity contribution >= 4 is 34.7 Å². The quantitative estimate of drug-likeness (QED) is 0.775. The summed E-state index contributed by atoms with van der Waals surface area (Å²) in [5.74, 6) is -1.09. The lowest BCUT2D eigenvalue weighted by atomic mass is 10.1. The molecule has 0 fully saturated rings. The normalized spacial score (nSPS) is 12.6. The Labute approximate surface area is 131 Å². The van der Waals surface area contributed by atoms with Crippen molar-refractivity contribution in [3.05, 3.63) is 33.4 Å². The minimum absolute atomic E-state index is 0.216. The average molecular weight is 391 g/mol. The van der Waals surface area contributed by atoms with E-state index in [1.807, 2.05) is 24.3 Å². The van der Waals surface area contributed by atoms with Crippen molar-refractivity contribution in [2.24, 2.45) is 0 Å². The molecule has 110 valence electrons. The third-order valence-corrected chi connectivity index (χ3v) is 3.42. The number of hydrogen-bond donors (Lipinski definition) is 2. The molecule has 0 aliphatic heterocycles. The Bertz CT molecular complexity index is 496. The van der Waals surface area contributed by atoms with E-state index < -0.39 is 23.7 Å². The average Bonchev–Trinajstić information content (AvgIpc) is 2.28. The summed E-state index contributed by atoms with van der Waals surface area (Å²) in [5, 5.41) is 11.6. The fraction of sp³-hybridized carbons (Fsp3) is 0.429. The summed E-state index contributed by atoms with van der Waals surface area (Å²) < 4.78 is 6.03. The summed E-state index contributed by atoms with van der Waals surface area (Å²) in [4.78, 5) is 22.9. The van der Waals surface area contributed by atoms with Gasteiger partial charge in [0.15, 0.2) is 0 Å². The molecule has 0 heterocycles. The van der Waals surface area contributed by atoms with Crippen LogP contribution in [-0.4, -0.2) is 28.8 Å². The van der Waals surface area contributed by atoms with E-state index in [1.54, 1.807) is 20.8 Å². The maximum Gasteiger partial charge on any atom is 0.408 e. The summed E-state index contributed by atoms with van der Waals surface area (Å²) in [6.45, 7) is 5.17. The number of alkyl carbamates (subject to hydrolysis) is 1. The zero-order chi connectivity index (χ0) is 15.3. The van der Waals surface area contributed by atoms with Crippen LogP contribution in [0.3, 0.4) is 0 Å². The van der Waals surface area contributed by atoms with Gasteiger partial charge < -0.3 is 15.2 Å². The molecule has 0 saturated carbocycles. The second-order valence-electron chi connectivity index (χ2n) is 5.33. The van der Waals surface area contributed by atoms with Gasteiger partial charge in [0.2, 0.25) is 0 Å². The van der Waals surface area contributed by atoms with E-state index >= 15 is 0 Å². The van der Waals surface area contributed by atoms with Gasteiger partial charge >= 0.3 is 12.1 Å². The molecule has 0 spiro atoms. The molecule has 1 amide bonds. The number of carbonyl (C=O) groups is 2. The van der Waals surface area contributed by atoms with Crippen LogP contribution >= 0.6 is 22.6 Å². The van der Waals surface area contributed by atoms with Crippen LogP contribution < -0.4 is 5.32 Å². The Kier molecular flexibility index (Phi) is 5.79. The number of rotatable bonds is 4. The van der Waals surface area contributed by atoms with Crippen molar-refractivity contribution < 1.29 is 19.4 Å². The highest BCUT2D eigenvalue weighted by Crippen LogP contribution is 2.14. The first-order valence-corrected chi connectivity index (χ1v) is 7.22. The molecular formula is C14H18INO4. The van der Waals surface area contributed by atoms with Crippen molar-refractivity contribution in [1.82, 2.24) is 5.32 Å². The lowest BCUT2D eigenvalue weighted by molar-refractivity contribution is -0.139. The van der Waals surface area contributed by atoms with Gasteiger partial charge in [-0.05, 0) is 55.0 Å². The Morgan fingerprint density at radius 2 is 1.95 bits per heavy atom. The Hall–Kier alpha value is -1.31. The molecule has 2 N–H and O–H groups in total. The van der Waals surface area contributed by atoms with Crippen LogP contribution in [0.5, 0.6) is 0 Å². The SMILES string of the molecule is CC(C)(C)OC(=O)N[C@@H](Cc1ccccc1I)C(=O)O. The number of carboxylic acids is 1. The molecule has 0 unspecified atom stereocenters. The van der Waals surface area contributed by atoms with Gasteiger partial charge in [-0.25, -0.2) is 9.59 Å². The molecule has 1 aromatic rings. The van der Waals surface area contributed by atoms with Crippen LogP contribution in [0.25, 0.3) is 0 Å². The van der Waals surface area contributed by atoms with Crippen molar-refractivity contribution in [3.63, 3.8) is 0 Å². The van der Waals surface area contributed by atoms with E-state index in [2.05, 4.69) is 27.9 Å². The van der Waals surface area contributed by atoms with E-state index in [0.717, 1.165) is 9.13 Å². The number of carboxylic acid groups (broad SMARTS) is 1. The Morgan fingerprint density at radius 3 is 2.45 bits per heavy atom. The molecule has 1 aromatic carbocycles. The van der Waals surface area contributed by atoms with E-state index in [4.69, 9.17) is 4.74 Å².